The van der Waals surface area contributed by atoms with Gasteiger partial charge in [-0.05, 0) is 43.2 Å². The third-order valence-electron chi connectivity index (χ3n) is 3.92. The number of benzene rings is 2. The molecule has 2 aromatic carbocycles. The molecule has 144 valence electrons. The third kappa shape index (κ3) is 4.69. The highest BCUT2D eigenvalue weighted by atomic mass is 35.5. The highest BCUT2D eigenvalue weighted by molar-refractivity contribution is 6.32. The summed E-state index contributed by atoms with van der Waals surface area (Å²) in [5.74, 6) is 0.0558. The molecule has 28 heavy (non-hydrogen) atoms. The summed E-state index contributed by atoms with van der Waals surface area (Å²) in [5.41, 5.74) is 8.39. The van der Waals surface area contributed by atoms with Crippen molar-refractivity contribution in [3.05, 3.63) is 82.1 Å². The molecule has 0 saturated heterocycles. The number of carbonyl (C=O) groups excluding carboxylic acids is 1. The molecule has 8 heteroatoms. The Kier molecular flexibility index (Phi) is 5.96. The molecule has 0 bridgehead atoms. The lowest BCUT2D eigenvalue weighted by molar-refractivity contribution is 0.0507. The second-order valence-electron chi connectivity index (χ2n) is 6.11. The zero-order chi connectivity index (χ0) is 20.1. The van der Waals surface area contributed by atoms with Gasteiger partial charge in [-0.1, -0.05) is 47.1 Å². The van der Waals surface area contributed by atoms with Crippen molar-refractivity contribution in [1.29, 1.82) is 0 Å². The predicted octanol–water partition coefficient (Wildman–Crippen LogP) is 3.67. The third-order valence-corrected chi connectivity index (χ3v) is 4.52. The van der Waals surface area contributed by atoms with Gasteiger partial charge in [-0.2, -0.15) is 5.10 Å². The van der Waals surface area contributed by atoms with Gasteiger partial charge in [0.15, 0.2) is 18.3 Å². The normalized spacial score (nSPS) is 11.3. The first-order valence-electron chi connectivity index (χ1n) is 8.47. The Hall–Kier alpha value is -3.32. The Labute approximate surface area is 167 Å². The number of aromatic nitrogens is 2. The SMILES string of the molecule is Cc1cc(OCn2ccc(C(=O)O/N=C(\N)c3ccccc3)n2)cc(C)c1Cl. The molecule has 0 fully saturated rings. The van der Waals surface area contributed by atoms with E-state index in [0.717, 1.165) is 11.1 Å². The van der Waals surface area contributed by atoms with Gasteiger partial charge in [-0.25, -0.2) is 9.48 Å². The Balaban J connectivity index is 1.60. The summed E-state index contributed by atoms with van der Waals surface area (Å²) in [4.78, 5) is 16.9. The fourth-order valence-electron chi connectivity index (χ4n) is 2.47. The molecule has 3 rings (SSSR count). The minimum Gasteiger partial charge on any atom is -0.471 e. The molecule has 3 aromatic rings. The zero-order valence-corrected chi connectivity index (χ0v) is 16.2. The Morgan fingerprint density at radius 1 is 1.18 bits per heavy atom. The highest BCUT2D eigenvalue weighted by Crippen LogP contribution is 2.26. The minimum absolute atomic E-state index is 0.0941. The summed E-state index contributed by atoms with van der Waals surface area (Å²) >= 11 is 6.15. The molecule has 0 aliphatic carbocycles. The van der Waals surface area contributed by atoms with E-state index < -0.39 is 5.97 Å². The Morgan fingerprint density at radius 2 is 1.86 bits per heavy atom. The van der Waals surface area contributed by atoms with Crippen molar-refractivity contribution in [1.82, 2.24) is 9.78 Å². The summed E-state index contributed by atoms with van der Waals surface area (Å²) < 4.78 is 7.17. The van der Waals surface area contributed by atoms with E-state index in [1.54, 1.807) is 18.3 Å². The molecule has 0 aliphatic rings. The van der Waals surface area contributed by atoms with Crippen LogP contribution in [0, 0.1) is 13.8 Å². The molecule has 7 nitrogen and oxygen atoms in total. The Morgan fingerprint density at radius 3 is 2.54 bits per heavy atom. The van der Waals surface area contributed by atoms with Gasteiger partial charge in [0.2, 0.25) is 0 Å². The van der Waals surface area contributed by atoms with Crippen LogP contribution < -0.4 is 10.5 Å². The van der Waals surface area contributed by atoms with E-state index in [0.29, 0.717) is 16.3 Å². The number of halogens is 1. The quantitative estimate of drug-likeness (QED) is 0.296. The summed E-state index contributed by atoms with van der Waals surface area (Å²) in [6.45, 7) is 3.95. The van der Waals surface area contributed by atoms with Crippen LogP contribution in [-0.4, -0.2) is 21.6 Å². The van der Waals surface area contributed by atoms with Crippen molar-refractivity contribution in [2.75, 3.05) is 0 Å². The first-order valence-corrected chi connectivity index (χ1v) is 8.85. The van der Waals surface area contributed by atoms with E-state index in [1.807, 2.05) is 44.2 Å². The topological polar surface area (TPSA) is 91.7 Å². The van der Waals surface area contributed by atoms with Gasteiger partial charge in [0, 0.05) is 16.8 Å². The summed E-state index contributed by atoms with van der Waals surface area (Å²) in [5, 5.41) is 8.49. The number of ether oxygens (including phenoxy) is 1. The average molecular weight is 399 g/mol. The van der Waals surface area contributed by atoms with Gasteiger partial charge >= 0.3 is 5.97 Å². The number of oxime groups is 1. The van der Waals surface area contributed by atoms with Gasteiger partial charge in [0.25, 0.3) is 0 Å². The largest absolute Gasteiger partial charge is 0.471 e. The number of nitrogens with two attached hydrogens (primary N) is 1. The van der Waals surface area contributed by atoms with E-state index >= 15 is 0 Å². The van der Waals surface area contributed by atoms with Crippen molar-refractivity contribution in [2.24, 2.45) is 10.9 Å². The van der Waals surface area contributed by atoms with Crippen molar-refractivity contribution in [3.63, 3.8) is 0 Å². The second-order valence-corrected chi connectivity index (χ2v) is 6.48. The molecule has 1 heterocycles. The second kappa shape index (κ2) is 8.58. The molecule has 0 spiro atoms. The lowest BCUT2D eigenvalue weighted by Crippen LogP contribution is -2.15. The molecule has 0 saturated carbocycles. The smallest absolute Gasteiger partial charge is 0.385 e. The number of rotatable bonds is 6. The molecular formula is C20H19ClN4O3. The van der Waals surface area contributed by atoms with Crippen LogP contribution in [0.1, 0.15) is 27.2 Å². The van der Waals surface area contributed by atoms with Crippen molar-refractivity contribution < 1.29 is 14.4 Å². The monoisotopic (exact) mass is 398 g/mol. The van der Waals surface area contributed by atoms with E-state index in [4.69, 9.17) is 26.9 Å². The molecule has 0 unspecified atom stereocenters. The maximum absolute atomic E-state index is 12.1. The number of hydrogen-bond donors (Lipinski definition) is 1. The van der Waals surface area contributed by atoms with E-state index in [1.165, 1.54) is 10.7 Å². The molecular weight excluding hydrogens is 380 g/mol. The summed E-state index contributed by atoms with van der Waals surface area (Å²) in [7, 11) is 0. The zero-order valence-electron chi connectivity index (χ0n) is 15.4. The van der Waals surface area contributed by atoms with Crippen LogP contribution in [0.15, 0.2) is 59.9 Å². The number of aryl methyl sites for hydroxylation is 2. The van der Waals surface area contributed by atoms with E-state index in [2.05, 4.69) is 10.3 Å². The fourth-order valence-corrected chi connectivity index (χ4v) is 2.58. The molecule has 1 aromatic heterocycles. The van der Waals surface area contributed by atoms with Crippen molar-refractivity contribution in [3.8, 4) is 5.75 Å². The number of carbonyl (C=O) groups is 1. The average Bonchev–Trinajstić information content (AvgIpc) is 3.18. The molecule has 2 N–H and O–H groups in total. The van der Waals surface area contributed by atoms with Gasteiger partial charge in [-0.15, -0.1) is 0 Å². The maximum Gasteiger partial charge on any atom is 0.385 e. The summed E-state index contributed by atoms with van der Waals surface area (Å²) in [6, 6.07) is 14.2. The van der Waals surface area contributed by atoms with Gasteiger partial charge in [0.05, 0.1) is 0 Å². The van der Waals surface area contributed by atoms with Crippen LogP contribution in [0.2, 0.25) is 5.02 Å². The number of hydrogen-bond acceptors (Lipinski definition) is 5. The lowest BCUT2D eigenvalue weighted by Gasteiger charge is -2.09. The van der Waals surface area contributed by atoms with Crippen LogP contribution in [0.3, 0.4) is 0 Å². The van der Waals surface area contributed by atoms with Crippen LogP contribution in [0.5, 0.6) is 5.75 Å². The predicted molar refractivity (Wildman–Crippen MR) is 106 cm³/mol. The molecule has 0 amide bonds. The van der Waals surface area contributed by atoms with Gasteiger partial charge < -0.3 is 15.3 Å². The van der Waals surface area contributed by atoms with Gasteiger partial charge in [0.1, 0.15) is 5.75 Å². The summed E-state index contributed by atoms with van der Waals surface area (Å²) in [6.07, 6.45) is 1.61. The van der Waals surface area contributed by atoms with Crippen molar-refractivity contribution >= 4 is 23.4 Å². The fraction of sp³-hybridized carbons (Fsp3) is 0.150. The molecule has 0 aliphatic heterocycles. The van der Waals surface area contributed by atoms with Crippen molar-refractivity contribution in [2.45, 2.75) is 20.6 Å². The lowest BCUT2D eigenvalue weighted by atomic mass is 10.1. The first-order chi connectivity index (χ1) is 13.4. The van der Waals surface area contributed by atoms with E-state index in [9.17, 15) is 4.79 Å². The van der Waals surface area contributed by atoms with Crippen LogP contribution in [0.4, 0.5) is 0 Å². The number of amidine groups is 1. The maximum atomic E-state index is 12.1. The minimum atomic E-state index is -0.712. The van der Waals surface area contributed by atoms with Crippen LogP contribution >= 0.6 is 11.6 Å². The van der Waals surface area contributed by atoms with Crippen LogP contribution in [0.25, 0.3) is 0 Å². The van der Waals surface area contributed by atoms with E-state index in [-0.39, 0.29) is 18.3 Å². The molecule has 0 atom stereocenters. The van der Waals surface area contributed by atoms with Crippen LogP contribution in [-0.2, 0) is 11.6 Å². The highest BCUT2D eigenvalue weighted by Gasteiger charge is 2.12. The number of nitrogens with zero attached hydrogens (tertiary/aromatic N) is 3. The Bertz CT molecular complexity index is 992. The van der Waals surface area contributed by atoms with Gasteiger partial charge in [-0.3, -0.25) is 0 Å². The standard InChI is InChI=1S/C20H19ClN4O3/c1-13-10-16(11-14(2)18(13)21)27-12-25-9-8-17(23-25)20(26)28-24-19(22)15-6-4-3-5-7-15/h3-11H,12H2,1-2H3,(H2,22,24). The first kappa shape index (κ1) is 19.4. The molecule has 0 radical (unpaired) electrons.